The quantitative estimate of drug-likeness (QED) is 0.757. The van der Waals surface area contributed by atoms with Crippen molar-refractivity contribution in [3.63, 3.8) is 0 Å². The average Bonchev–Trinajstić information content (AvgIpc) is 3.03. The van der Waals surface area contributed by atoms with Crippen molar-refractivity contribution in [2.24, 2.45) is 0 Å². The lowest BCUT2D eigenvalue weighted by Crippen LogP contribution is -2.31. The standard InChI is InChI=1S/C16H12N4O2S/c21-15(10-2-4-13-14(7-10)20-23-19-13)18-11-3-1-9-5-6-17-16(22)12(9)8-11/h1-4,7-8H,5-6H2,(H,17,22)(H,18,21). The van der Waals surface area contributed by atoms with Crippen molar-refractivity contribution in [2.45, 2.75) is 6.42 Å². The van der Waals surface area contributed by atoms with Gasteiger partial charge in [-0.1, -0.05) is 6.07 Å². The zero-order valence-corrected chi connectivity index (χ0v) is 12.8. The number of carbonyl (C=O) groups excluding carboxylic acids is 2. The molecule has 0 aliphatic carbocycles. The zero-order chi connectivity index (χ0) is 15.8. The molecule has 2 N–H and O–H groups in total. The smallest absolute Gasteiger partial charge is 0.255 e. The maximum absolute atomic E-state index is 12.4. The minimum absolute atomic E-state index is 0.0997. The number of carbonyl (C=O) groups is 2. The lowest BCUT2D eigenvalue weighted by atomic mass is 10.00. The highest BCUT2D eigenvalue weighted by molar-refractivity contribution is 7.00. The molecule has 4 rings (SSSR count). The third-order valence-electron chi connectivity index (χ3n) is 3.81. The molecular formula is C16H12N4O2S. The van der Waals surface area contributed by atoms with Crippen LogP contribution in [0.15, 0.2) is 36.4 Å². The second-order valence-electron chi connectivity index (χ2n) is 5.30. The van der Waals surface area contributed by atoms with Gasteiger partial charge in [0.15, 0.2) is 0 Å². The molecule has 0 spiro atoms. The molecule has 1 aliphatic rings. The monoisotopic (exact) mass is 324 g/mol. The van der Waals surface area contributed by atoms with Gasteiger partial charge in [-0.3, -0.25) is 9.59 Å². The Morgan fingerprint density at radius 3 is 2.91 bits per heavy atom. The van der Waals surface area contributed by atoms with Crippen LogP contribution in [-0.2, 0) is 6.42 Å². The first-order valence-electron chi connectivity index (χ1n) is 7.15. The van der Waals surface area contributed by atoms with Gasteiger partial charge in [-0.25, -0.2) is 0 Å². The molecule has 2 amide bonds. The van der Waals surface area contributed by atoms with E-state index < -0.39 is 0 Å². The first-order valence-corrected chi connectivity index (χ1v) is 7.88. The molecule has 7 heteroatoms. The molecule has 0 unspecified atom stereocenters. The largest absolute Gasteiger partial charge is 0.352 e. The van der Waals surface area contributed by atoms with Gasteiger partial charge < -0.3 is 10.6 Å². The number of nitrogens with zero attached hydrogens (tertiary/aromatic N) is 2. The van der Waals surface area contributed by atoms with Crippen LogP contribution in [0, 0.1) is 0 Å². The first-order chi connectivity index (χ1) is 11.2. The fraction of sp³-hybridized carbons (Fsp3) is 0.125. The molecule has 0 fully saturated rings. The molecule has 23 heavy (non-hydrogen) atoms. The summed E-state index contributed by atoms with van der Waals surface area (Å²) in [7, 11) is 0. The molecular weight excluding hydrogens is 312 g/mol. The number of benzene rings is 2. The summed E-state index contributed by atoms with van der Waals surface area (Å²) < 4.78 is 8.25. The number of hydrogen-bond donors (Lipinski definition) is 2. The van der Waals surface area contributed by atoms with E-state index in [1.807, 2.05) is 12.1 Å². The van der Waals surface area contributed by atoms with Crippen LogP contribution in [0.4, 0.5) is 5.69 Å². The van der Waals surface area contributed by atoms with E-state index >= 15 is 0 Å². The maximum Gasteiger partial charge on any atom is 0.255 e. The van der Waals surface area contributed by atoms with E-state index in [0.29, 0.717) is 28.9 Å². The lowest BCUT2D eigenvalue weighted by Gasteiger charge is -2.17. The summed E-state index contributed by atoms with van der Waals surface area (Å²) in [6.07, 6.45) is 0.808. The normalized spacial score (nSPS) is 13.5. The Labute approximate surface area is 135 Å². The van der Waals surface area contributed by atoms with Crippen LogP contribution in [0.25, 0.3) is 11.0 Å². The van der Waals surface area contributed by atoms with E-state index in [0.717, 1.165) is 29.2 Å². The van der Waals surface area contributed by atoms with E-state index in [4.69, 9.17) is 0 Å². The van der Waals surface area contributed by atoms with Crippen molar-refractivity contribution in [1.29, 1.82) is 0 Å². The number of aromatic nitrogens is 2. The van der Waals surface area contributed by atoms with E-state index in [1.54, 1.807) is 24.3 Å². The van der Waals surface area contributed by atoms with Gasteiger partial charge in [-0.05, 0) is 42.3 Å². The topological polar surface area (TPSA) is 84.0 Å². The van der Waals surface area contributed by atoms with Gasteiger partial charge in [0.1, 0.15) is 11.0 Å². The molecule has 6 nitrogen and oxygen atoms in total. The summed E-state index contributed by atoms with van der Waals surface area (Å²) in [6, 6.07) is 10.6. The molecule has 2 aromatic carbocycles. The van der Waals surface area contributed by atoms with Crippen LogP contribution in [0.2, 0.25) is 0 Å². The molecule has 0 saturated heterocycles. The molecule has 0 saturated carbocycles. The predicted molar refractivity (Wildman–Crippen MR) is 87.8 cm³/mol. The molecule has 1 aliphatic heterocycles. The van der Waals surface area contributed by atoms with Gasteiger partial charge in [0, 0.05) is 23.4 Å². The Balaban J connectivity index is 1.61. The SMILES string of the molecule is O=C(Nc1ccc2c(c1)C(=O)NCC2)c1ccc2nsnc2c1. The molecule has 3 aromatic rings. The second-order valence-corrected chi connectivity index (χ2v) is 5.83. The summed E-state index contributed by atoms with van der Waals surface area (Å²) in [5.74, 6) is -0.339. The third-order valence-corrected chi connectivity index (χ3v) is 4.36. The summed E-state index contributed by atoms with van der Waals surface area (Å²) >= 11 is 1.12. The van der Waals surface area contributed by atoms with Crippen molar-refractivity contribution >= 4 is 40.3 Å². The minimum atomic E-state index is -0.240. The number of fused-ring (bicyclic) bond motifs is 2. The Morgan fingerprint density at radius 2 is 2.00 bits per heavy atom. The Kier molecular flexibility index (Phi) is 3.27. The van der Waals surface area contributed by atoms with Crippen LogP contribution in [0.5, 0.6) is 0 Å². The highest BCUT2D eigenvalue weighted by Crippen LogP contribution is 2.20. The summed E-state index contributed by atoms with van der Waals surface area (Å²) in [5.41, 5.74) is 4.20. The zero-order valence-electron chi connectivity index (χ0n) is 12.0. The minimum Gasteiger partial charge on any atom is -0.352 e. The van der Waals surface area contributed by atoms with Crippen LogP contribution >= 0.6 is 11.7 Å². The van der Waals surface area contributed by atoms with E-state index in [9.17, 15) is 9.59 Å². The van der Waals surface area contributed by atoms with Gasteiger partial charge in [0.2, 0.25) is 0 Å². The Hall–Kier alpha value is -2.80. The van der Waals surface area contributed by atoms with E-state index in [1.165, 1.54) is 0 Å². The van der Waals surface area contributed by atoms with Crippen LogP contribution in [-0.4, -0.2) is 27.1 Å². The van der Waals surface area contributed by atoms with Gasteiger partial charge >= 0.3 is 0 Å². The number of amides is 2. The Morgan fingerprint density at radius 1 is 1.13 bits per heavy atom. The van der Waals surface area contributed by atoms with Gasteiger partial charge in [-0.2, -0.15) is 8.75 Å². The number of rotatable bonds is 2. The van der Waals surface area contributed by atoms with Crippen LogP contribution in [0.3, 0.4) is 0 Å². The summed E-state index contributed by atoms with van der Waals surface area (Å²) in [4.78, 5) is 24.2. The van der Waals surface area contributed by atoms with Crippen molar-refractivity contribution in [3.05, 3.63) is 53.1 Å². The van der Waals surface area contributed by atoms with Gasteiger partial charge in [0.25, 0.3) is 11.8 Å². The third kappa shape index (κ3) is 2.55. The van der Waals surface area contributed by atoms with Crippen LogP contribution in [0.1, 0.15) is 26.3 Å². The number of hydrogen-bond acceptors (Lipinski definition) is 5. The van der Waals surface area contributed by atoms with Gasteiger partial charge in [0.05, 0.1) is 11.7 Å². The molecule has 0 bridgehead atoms. The predicted octanol–water partition coefficient (Wildman–Crippen LogP) is 2.23. The fourth-order valence-electron chi connectivity index (χ4n) is 2.62. The summed E-state index contributed by atoms with van der Waals surface area (Å²) in [6.45, 7) is 0.652. The second kappa shape index (κ2) is 5.44. The van der Waals surface area contributed by atoms with Crippen LogP contribution < -0.4 is 10.6 Å². The molecule has 114 valence electrons. The molecule has 0 atom stereocenters. The molecule has 0 radical (unpaired) electrons. The molecule has 1 aromatic heterocycles. The lowest BCUT2D eigenvalue weighted by molar-refractivity contribution is 0.0944. The van der Waals surface area contributed by atoms with Gasteiger partial charge in [-0.15, -0.1) is 0 Å². The average molecular weight is 324 g/mol. The fourth-order valence-corrected chi connectivity index (χ4v) is 3.13. The van der Waals surface area contributed by atoms with Crippen molar-refractivity contribution in [3.8, 4) is 0 Å². The van der Waals surface area contributed by atoms with E-state index in [-0.39, 0.29) is 11.8 Å². The summed E-state index contributed by atoms with van der Waals surface area (Å²) in [5, 5.41) is 5.62. The highest BCUT2D eigenvalue weighted by atomic mass is 32.1. The van der Waals surface area contributed by atoms with Crippen molar-refractivity contribution < 1.29 is 9.59 Å². The van der Waals surface area contributed by atoms with Crippen molar-refractivity contribution in [1.82, 2.24) is 14.1 Å². The first kappa shape index (κ1) is 13.8. The maximum atomic E-state index is 12.4. The highest BCUT2D eigenvalue weighted by Gasteiger charge is 2.17. The number of nitrogens with one attached hydrogen (secondary N) is 2. The number of anilines is 1. The molecule has 2 heterocycles. The Bertz CT molecular complexity index is 935. The van der Waals surface area contributed by atoms with Crippen molar-refractivity contribution in [2.75, 3.05) is 11.9 Å². The van der Waals surface area contributed by atoms with E-state index in [2.05, 4.69) is 19.4 Å².